The molecule has 0 aliphatic carbocycles. The van der Waals surface area contributed by atoms with Gasteiger partial charge in [0.15, 0.2) is 11.5 Å². The van der Waals surface area contributed by atoms with Crippen molar-refractivity contribution in [3.63, 3.8) is 0 Å². The molecular formula is C11H9N5O2. The molecule has 0 saturated carbocycles. The lowest BCUT2D eigenvalue weighted by molar-refractivity contribution is 0.0691. The number of aryl methyl sites for hydroxylation is 1. The van der Waals surface area contributed by atoms with Gasteiger partial charge < -0.3 is 9.67 Å². The van der Waals surface area contributed by atoms with Crippen LogP contribution in [0.15, 0.2) is 24.3 Å². The van der Waals surface area contributed by atoms with E-state index in [4.69, 9.17) is 5.11 Å². The number of benzene rings is 1. The molecule has 2 aromatic heterocycles. The fourth-order valence-electron chi connectivity index (χ4n) is 1.89. The van der Waals surface area contributed by atoms with Crippen LogP contribution in [-0.4, -0.2) is 36.0 Å². The maximum atomic E-state index is 11.0. The van der Waals surface area contributed by atoms with E-state index in [1.54, 1.807) is 4.57 Å². The molecule has 0 aliphatic heterocycles. The molecule has 7 heteroatoms. The van der Waals surface area contributed by atoms with Gasteiger partial charge >= 0.3 is 5.97 Å². The molecule has 0 spiro atoms. The van der Waals surface area contributed by atoms with Crippen molar-refractivity contribution in [3.8, 4) is 11.5 Å². The van der Waals surface area contributed by atoms with Gasteiger partial charge in [-0.15, -0.1) is 5.10 Å². The van der Waals surface area contributed by atoms with Crippen LogP contribution in [0.4, 0.5) is 0 Å². The van der Waals surface area contributed by atoms with Gasteiger partial charge in [-0.3, -0.25) is 0 Å². The first-order valence-corrected chi connectivity index (χ1v) is 5.24. The number of rotatable bonds is 2. The Kier molecular flexibility index (Phi) is 2.12. The predicted molar refractivity (Wildman–Crippen MR) is 63.1 cm³/mol. The number of carboxylic acid groups (broad SMARTS) is 1. The molecule has 18 heavy (non-hydrogen) atoms. The van der Waals surface area contributed by atoms with E-state index in [1.165, 1.54) is 0 Å². The number of hydrogen-bond donors (Lipinski definition) is 2. The average molecular weight is 243 g/mol. The first-order valence-electron chi connectivity index (χ1n) is 5.24. The number of nitrogens with one attached hydrogen (secondary N) is 1. The SMILES string of the molecule is Cn1c(-c2n[nH]nc2C(=O)O)nc2ccccc21. The van der Waals surface area contributed by atoms with Crippen molar-refractivity contribution in [1.29, 1.82) is 0 Å². The Morgan fingerprint density at radius 2 is 2.11 bits per heavy atom. The van der Waals surface area contributed by atoms with Gasteiger partial charge in [-0.2, -0.15) is 10.3 Å². The summed E-state index contributed by atoms with van der Waals surface area (Å²) < 4.78 is 1.79. The van der Waals surface area contributed by atoms with Crippen LogP contribution < -0.4 is 0 Å². The number of carbonyl (C=O) groups is 1. The lowest BCUT2D eigenvalue weighted by Crippen LogP contribution is -2.02. The zero-order valence-corrected chi connectivity index (χ0v) is 9.45. The van der Waals surface area contributed by atoms with Crippen molar-refractivity contribution in [2.45, 2.75) is 0 Å². The van der Waals surface area contributed by atoms with E-state index >= 15 is 0 Å². The fraction of sp³-hybridized carbons (Fsp3) is 0.0909. The second-order valence-electron chi connectivity index (χ2n) is 3.81. The van der Waals surface area contributed by atoms with Gasteiger partial charge in [-0.25, -0.2) is 9.78 Å². The van der Waals surface area contributed by atoms with Crippen LogP contribution in [-0.2, 0) is 7.05 Å². The minimum atomic E-state index is -1.13. The van der Waals surface area contributed by atoms with E-state index in [-0.39, 0.29) is 11.4 Å². The number of nitrogens with zero attached hydrogens (tertiary/aromatic N) is 4. The first kappa shape index (κ1) is 10.5. The summed E-state index contributed by atoms with van der Waals surface area (Å²) in [4.78, 5) is 15.4. The largest absolute Gasteiger partial charge is 0.476 e. The summed E-state index contributed by atoms with van der Waals surface area (Å²) in [5.74, 6) is -0.659. The van der Waals surface area contributed by atoms with Crippen LogP contribution in [0.2, 0.25) is 0 Å². The van der Waals surface area contributed by atoms with Crippen LogP contribution in [0.3, 0.4) is 0 Å². The van der Waals surface area contributed by atoms with Gasteiger partial charge in [0.05, 0.1) is 11.0 Å². The van der Waals surface area contributed by atoms with Crippen LogP contribution in [0, 0.1) is 0 Å². The maximum Gasteiger partial charge on any atom is 0.358 e. The summed E-state index contributed by atoms with van der Waals surface area (Å²) in [5.41, 5.74) is 1.80. The van der Waals surface area contributed by atoms with E-state index < -0.39 is 5.97 Å². The first-order chi connectivity index (χ1) is 8.68. The van der Waals surface area contributed by atoms with Crippen molar-refractivity contribution in [3.05, 3.63) is 30.0 Å². The maximum absolute atomic E-state index is 11.0. The number of imidazole rings is 1. The van der Waals surface area contributed by atoms with Gasteiger partial charge in [0.25, 0.3) is 0 Å². The highest BCUT2D eigenvalue weighted by Gasteiger charge is 2.21. The highest BCUT2D eigenvalue weighted by Crippen LogP contribution is 2.23. The fourth-order valence-corrected chi connectivity index (χ4v) is 1.89. The molecule has 90 valence electrons. The quantitative estimate of drug-likeness (QED) is 0.701. The Bertz CT molecular complexity index is 743. The molecule has 2 N–H and O–H groups in total. The van der Waals surface area contributed by atoms with Gasteiger partial charge in [-0.1, -0.05) is 12.1 Å². The molecule has 2 heterocycles. The molecule has 0 amide bonds. The molecule has 0 saturated heterocycles. The zero-order valence-electron chi connectivity index (χ0n) is 9.45. The Morgan fingerprint density at radius 3 is 2.83 bits per heavy atom. The number of aromatic carboxylic acids is 1. The smallest absolute Gasteiger partial charge is 0.358 e. The summed E-state index contributed by atoms with van der Waals surface area (Å²) in [5, 5.41) is 18.8. The Labute approximate surface area is 101 Å². The third-order valence-corrected chi connectivity index (χ3v) is 2.75. The number of hydrogen-bond acceptors (Lipinski definition) is 4. The minimum Gasteiger partial charge on any atom is -0.476 e. The van der Waals surface area contributed by atoms with E-state index in [1.807, 2.05) is 31.3 Å². The molecule has 1 aromatic carbocycles. The molecule has 0 aliphatic rings. The number of H-pyrrole nitrogens is 1. The minimum absolute atomic E-state index is 0.131. The number of aromatic amines is 1. The number of carboxylic acids is 1. The molecule has 0 bridgehead atoms. The van der Waals surface area contributed by atoms with E-state index in [9.17, 15) is 4.79 Å². The lowest BCUT2D eigenvalue weighted by atomic mass is 10.3. The molecule has 7 nitrogen and oxygen atoms in total. The van der Waals surface area contributed by atoms with Gasteiger partial charge in [0, 0.05) is 7.05 Å². The number of fused-ring (bicyclic) bond motifs is 1. The highest BCUT2D eigenvalue weighted by molar-refractivity contribution is 5.92. The van der Waals surface area contributed by atoms with E-state index in [0.29, 0.717) is 5.82 Å². The Morgan fingerprint density at radius 1 is 1.33 bits per heavy atom. The van der Waals surface area contributed by atoms with E-state index in [0.717, 1.165) is 11.0 Å². The molecule has 0 fully saturated rings. The van der Waals surface area contributed by atoms with Crippen molar-refractivity contribution in [2.75, 3.05) is 0 Å². The highest BCUT2D eigenvalue weighted by atomic mass is 16.4. The second kappa shape index (κ2) is 3.66. The van der Waals surface area contributed by atoms with E-state index in [2.05, 4.69) is 20.4 Å². The van der Waals surface area contributed by atoms with Gasteiger partial charge in [0.2, 0.25) is 5.69 Å². The molecule has 0 unspecified atom stereocenters. The zero-order chi connectivity index (χ0) is 12.7. The molecule has 0 atom stereocenters. The summed E-state index contributed by atoms with van der Waals surface area (Å²) in [6.07, 6.45) is 0. The average Bonchev–Trinajstić information content (AvgIpc) is 2.94. The molecule has 0 radical (unpaired) electrons. The summed E-state index contributed by atoms with van der Waals surface area (Å²) in [6.45, 7) is 0. The van der Waals surface area contributed by atoms with Crippen molar-refractivity contribution in [2.24, 2.45) is 7.05 Å². The number of para-hydroxylation sites is 2. The second-order valence-corrected chi connectivity index (χ2v) is 3.81. The van der Waals surface area contributed by atoms with Crippen molar-refractivity contribution >= 4 is 17.0 Å². The van der Waals surface area contributed by atoms with Crippen LogP contribution in [0.1, 0.15) is 10.5 Å². The van der Waals surface area contributed by atoms with Crippen molar-refractivity contribution < 1.29 is 9.90 Å². The normalized spacial score (nSPS) is 10.9. The summed E-state index contributed by atoms with van der Waals surface area (Å²) in [7, 11) is 1.81. The molecular weight excluding hydrogens is 234 g/mol. The Balaban J connectivity index is 2.29. The summed E-state index contributed by atoms with van der Waals surface area (Å²) >= 11 is 0. The van der Waals surface area contributed by atoms with Crippen LogP contribution >= 0.6 is 0 Å². The monoisotopic (exact) mass is 243 g/mol. The summed E-state index contributed by atoms with van der Waals surface area (Å²) in [6, 6.07) is 7.54. The lowest BCUT2D eigenvalue weighted by Gasteiger charge is -1.98. The van der Waals surface area contributed by atoms with Crippen molar-refractivity contribution in [1.82, 2.24) is 25.0 Å². The molecule has 3 rings (SSSR count). The number of aromatic nitrogens is 5. The van der Waals surface area contributed by atoms with Crippen LogP contribution in [0.5, 0.6) is 0 Å². The standard InChI is InChI=1S/C11H9N5O2/c1-16-7-5-3-2-4-6(7)12-10(16)8-9(11(17)18)14-15-13-8/h2-5H,1H3,(H,17,18)(H,13,14,15). The third kappa shape index (κ3) is 1.37. The third-order valence-electron chi connectivity index (χ3n) is 2.75. The Hall–Kier alpha value is -2.70. The topological polar surface area (TPSA) is 96.7 Å². The van der Waals surface area contributed by atoms with Gasteiger partial charge in [-0.05, 0) is 12.1 Å². The molecule has 3 aromatic rings. The van der Waals surface area contributed by atoms with Crippen LogP contribution in [0.25, 0.3) is 22.6 Å². The predicted octanol–water partition coefficient (Wildman–Crippen LogP) is 1.06. The van der Waals surface area contributed by atoms with Gasteiger partial charge in [0.1, 0.15) is 0 Å².